The molecule has 0 spiro atoms. The minimum Gasteiger partial charge on any atom is -0.481 e. The van der Waals surface area contributed by atoms with Crippen molar-refractivity contribution in [3.63, 3.8) is 0 Å². The van der Waals surface area contributed by atoms with Crippen LogP contribution in [-0.4, -0.2) is 22.5 Å². The van der Waals surface area contributed by atoms with Crippen molar-refractivity contribution in [2.24, 2.45) is 0 Å². The molecule has 0 aliphatic rings. The van der Waals surface area contributed by atoms with Crippen LogP contribution in [0.15, 0.2) is 12.1 Å². The number of thiophene rings is 1. The Hall–Kier alpha value is -1.36. The minimum atomic E-state index is -0.841. The van der Waals surface area contributed by atoms with Gasteiger partial charge < -0.3 is 10.4 Å². The van der Waals surface area contributed by atoms with Gasteiger partial charge in [0.25, 0.3) is 0 Å². The van der Waals surface area contributed by atoms with Crippen LogP contribution in [0.4, 0.5) is 0 Å². The Bertz CT molecular complexity index is 437. The van der Waals surface area contributed by atoms with Gasteiger partial charge in [-0.1, -0.05) is 0 Å². The molecule has 1 aromatic heterocycles. The quantitative estimate of drug-likeness (QED) is 0.833. The summed E-state index contributed by atoms with van der Waals surface area (Å²) in [6.45, 7) is 5.68. The van der Waals surface area contributed by atoms with Crippen LogP contribution in [0, 0.1) is 6.92 Å². The average Bonchev–Trinajstić information content (AvgIpc) is 2.60. The summed E-state index contributed by atoms with van der Waals surface area (Å²) in [6.07, 6.45) is 0.845. The lowest BCUT2D eigenvalue weighted by atomic mass is 9.98. The number of carboxylic acid groups (broad SMARTS) is 1. The zero-order chi connectivity index (χ0) is 13.8. The van der Waals surface area contributed by atoms with Crippen molar-refractivity contribution in [2.45, 2.75) is 45.6 Å². The lowest BCUT2D eigenvalue weighted by Gasteiger charge is -2.25. The molecule has 1 amide bonds. The van der Waals surface area contributed by atoms with E-state index in [-0.39, 0.29) is 12.3 Å². The topological polar surface area (TPSA) is 66.4 Å². The van der Waals surface area contributed by atoms with E-state index in [1.165, 1.54) is 4.88 Å². The molecule has 0 radical (unpaired) electrons. The molecular formula is C13H19NO3S. The smallest absolute Gasteiger partial charge is 0.303 e. The molecule has 1 heterocycles. The number of hydrogen-bond donors (Lipinski definition) is 2. The van der Waals surface area contributed by atoms with Gasteiger partial charge in [-0.3, -0.25) is 9.59 Å². The van der Waals surface area contributed by atoms with E-state index in [0.717, 1.165) is 4.88 Å². The van der Waals surface area contributed by atoms with Gasteiger partial charge in [0.05, 0.1) is 6.42 Å². The Balaban J connectivity index is 2.45. The van der Waals surface area contributed by atoms with E-state index in [1.807, 2.05) is 32.9 Å². The molecule has 1 rings (SSSR count). The number of aliphatic carboxylic acids is 1. The van der Waals surface area contributed by atoms with Crippen molar-refractivity contribution in [1.82, 2.24) is 5.32 Å². The predicted molar refractivity (Wildman–Crippen MR) is 71.9 cm³/mol. The largest absolute Gasteiger partial charge is 0.481 e. The van der Waals surface area contributed by atoms with E-state index in [2.05, 4.69) is 5.32 Å². The van der Waals surface area contributed by atoms with Crippen molar-refractivity contribution in [1.29, 1.82) is 0 Å². The van der Waals surface area contributed by atoms with Crippen molar-refractivity contribution in [3.05, 3.63) is 21.9 Å². The molecule has 2 N–H and O–H groups in total. The molecule has 0 aliphatic carbocycles. The molecule has 0 saturated heterocycles. The first-order valence-electron chi connectivity index (χ1n) is 5.87. The fourth-order valence-electron chi connectivity index (χ4n) is 1.64. The summed E-state index contributed by atoms with van der Waals surface area (Å²) in [7, 11) is 0. The normalized spacial score (nSPS) is 11.3. The Morgan fingerprint density at radius 1 is 1.39 bits per heavy atom. The minimum absolute atomic E-state index is 0.0609. The number of carbonyl (C=O) groups excluding carboxylic acids is 1. The van der Waals surface area contributed by atoms with Crippen molar-refractivity contribution >= 4 is 23.2 Å². The van der Waals surface area contributed by atoms with E-state index in [4.69, 9.17) is 5.11 Å². The molecule has 0 fully saturated rings. The second-order valence-corrected chi connectivity index (χ2v) is 6.39. The van der Waals surface area contributed by atoms with Crippen LogP contribution in [0.5, 0.6) is 0 Å². The van der Waals surface area contributed by atoms with Crippen molar-refractivity contribution in [3.8, 4) is 0 Å². The lowest BCUT2D eigenvalue weighted by Crippen LogP contribution is -2.44. The summed E-state index contributed by atoms with van der Waals surface area (Å²) in [5.74, 6) is -0.904. The van der Waals surface area contributed by atoms with Crippen LogP contribution in [0.25, 0.3) is 0 Å². The third-order valence-electron chi connectivity index (χ3n) is 2.57. The summed E-state index contributed by atoms with van der Waals surface area (Å²) in [5.41, 5.74) is -0.484. The summed E-state index contributed by atoms with van der Waals surface area (Å²) in [5, 5.41) is 11.5. The van der Waals surface area contributed by atoms with E-state index >= 15 is 0 Å². The molecule has 4 nitrogen and oxygen atoms in total. The molecule has 0 aromatic carbocycles. The second kappa shape index (κ2) is 6.00. The first-order valence-corrected chi connectivity index (χ1v) is 6.68. The maximum Gasteiger partial charge on any atom is 0.303 e. The number of hydrogen-bond acceptors (Lipinski definition) is 3. The van der Waals surface area contributed by atoms with E-state index in [0.29, 0.717) is 12.8 Å². The van der Waals surface area contributed by atoms with Gasteiger partial charge in [0, 0.05) is 21.7 Å². The Morgan fingerprint density at radius 2 is 2.06 bits per heavy atom. The Morgan fingerprint density at radius 3 is 2.56 bits per heavy atom. The maximum absolute atomic E-state index is 11.8. The summed E-state index contributed by atoms with van der Waals surface area (Å²) >= 11 is 1.61. The van der Waals surface area contributed by atoms with Gasteiger partial charge in [0.1, 0.15) is 0 Å². The van der Waals surface area contributed by atoms with Crippen LogP contribution in [0.2, 0.25) is 0 Å². The number of rotatable bonds is 6. The molecule has 0 bridgehead atoms. The SMILES string of the molecule is Cc1ccc(CC(=O)NC(C)(C)CCC(=O)O)s1. The van der Waals surface area contributed by atoms with Crippen molar-refractivity contribution in [2.75, 3.05) is 0 Å². The van der Waals surface area contributed by atoms with E-state index in [9.17, 15) is 9.59 Å². The lowest BCUT2D eigenvalue weighted by molar-refractivity contribution is -0.137. The molecule has 0 aliphatic heterocycles. The van der Waals surface area contributed by atoms with Crippen LogP contribution in [0.3, 0.4) is 0 Å². The predicted octanol–water partition coefficient (Wildman–Crippen LogP) is 2.36. The first-order chi connectivity index (χ1) is 8.28. The molecule has 100 valence electrons. The molecule has 0 atom stereocenters. The highest BCUT2D eigenvalue weighted by Gasteiger charge is 2.21. The highest BCUT2D eigenvalue weighted by atomic mass is 32.1. The van der Waals surface area contributed by atoms with Gasteiger partial charge in [-0.25, -0.2) is 0 Å². The number of carboxylic acids is 1. The number of nitrogens with one attached hydrogen (secondary N) is 1. The monoisotopic (exact) mass is 269 g/mol. The Labute approximate surface area is 111 Å². The summed E-state index contributed by atoms with van der Waals surface area (Å²) in [4.78, 5) is 24.6. The molecule has 1 aromatic rings. The number of carbonyl (C=O) groups is 2. The van der Waals surface area contributed by atoms with Crippen LogP contribution in [-0.2, 0) is 16.0 Å². The van der Waals surface area contributed by atoms with Gasteiger partial charge >= 0.3 is 5.97 Å². The highest BCUT2D eigenvalue weighted by molar-refractivity contribution is 7.12. The number of amides is 1. The second-order valence-electron chi connectivity index (χ2n) is 5.01. The average molecular weight is 269 g/mol. The van der Waals surface area contributed by atoms with Gasteiger partial charge in [0.2, 0.25) is 5.91 Å². The molecule has 0 saturated carbocycles. The molecule has 0 unspecified atom stereocenters. The summed E-state index contributed by atoms with van der Waals surface area (Å²) < 4.78 is 0. The maximum atomic E-state index is 11.8. The molecule has 18 heavy (non-hydrogen) atoms. The molecular weight excluding hydrogens is 250 g/mol. The first kappa shape index (κ1) is 14.7. The fraction of sp³-hybridized carbons (Fsp3) is 0.538. The van der Waals surface area contributed by atoms with Gasteiger partial charge in [-0.2, -0.15) is 0 Å². The summed E-state index contributed by atoms with van der Waals surface area (Å²) in [6, 6.07) is 3.94. The van der Waals surface area contributed by atoms with Gasteiger partial charge in [-0.05, 0) is 39.3 Å². The van der Waals surface area contributed by atoms with E-state index in [1.54, 1.807) is 11.3 Å². The fourth-order valence-corrected chi connectivity index (χ4v) is 2.53. The zero-order valence-corrected chi connectivity index (χ0v) is 11.8. The van der Waals surface area contributed by atoms with Gasteiger partial charge in [-0.15, -0.1) is 11.3 Å². The highest BCUT2D eigenvalue weighted by Crippen LogP contribution is 2.17. The number of aryl methyl sites for hydroxylation is 1. The zero-order valence-electron chi connectivity index (χ0n) is 10.9. The third-order valence-corrected chi connectivity index (χ3v) is 3.57. The van der Waals surface area contributed by atoms with E-state index < -0.39 is 11.5 Å². The van der Waals surface area contributed by atoms with Crippen LogP contribution < -0.4 is 5.32 Å². The standard InChI is InChI=1S/C13H19NO3S/c1-9-4-5-10(18-9)8-11(15)14-13(2,3)7-6-12(16)17/h4-5H,6-8H2,1-3H3,(H,14,15)(H,16,17). The third kappa shape index (κ3) is 5.31. The van der Waals surface area contributed by atoms with Crippen LogP contribution >= 0.6 is 11.3 Å². The van der Waals surface area contributed by atoms with Crippen LogP contribution in [0.1, 0.15) is 36.4 Å². The molecule has 5 heteroatoms. The van der Waals surface area contributed by atoms with Crippen molar-refractivity contribution < 1.29 is 14.7 Å². The van der Waals surface area contributed by atoms with Gasteiger partial charge in [0.15, 0.2) is 0 Å². The Kier molecular flexibility index (Phi) is 4.90.